The fourth-order valence-corrected chi connectivity index (χ4v) is 3.18. The average molecular weight is 357 g/mol. The zero-order valence-electron chi connectivity index (χ0n) is 12.4. The Bertz CT molecular complexity index is 514. The van der Waals surface area contributed by atoms with Crippen LogP contribution in [0, 0.1) is 5.92 Å². The van der Waals surface area contributed by atoms with E-state index in [4.69, 9.17) is 4.74 Å². The van der Waals surface area contributed by atoms with Crippen LogP contribution in [0.4, 0.5) is 0 Å². The van der Waals surface area contributed by atoms with Crippen LogP contribution in [0.2, 0.25) is 0 Å². The number of nitrogens with zero attached hydrogens (tertiary/aromatic N) is 1. The molecule has 0 spiro atoms. The molecular formula is C15H21BrN2O3. The first kappa shape index (κ1) is 16.1. The number of ether oxygens (including phenoxy) is 1. The zero-order valence-corrected chi connectivity index (χ0v) is 13.9. The highest BCUT2D eigenvalue weighted by Gasteiger charge is 2.24. The molecule has 2 N–H and O–H groups in total. The van der Waals surface area contributed by atoms with E-state index in [9.17, 15) is 9.90 Å². The summed E-state index contributed by atoms with van der Waals surface area (Å²) in [6, 6.07) is 3.76. The van der Waals surface area contributed by atoms with Crippen LogP contribution in [0.3, 0.4) is 0 Å². The van der Waals surface area contributed by atoms with Crippen LogP contribution in [0.15, 0.2) is 16.6 Å². The monoisotopic (exact) mass is 356 g/mol. The van der Waals surface area contributed by atoms with Gasteiger partial charge in [-0.1, -0.05) is 0 Å². The van der Waals surface area contributed by atoms with Crippen LogP contribution in [0.25, 0.3) is 0 Å². The smallest absolute Gasteiger partial charge is 0.222 e. The number of amides is 1. The second-order valence-electron chi connectivity index (χ2n) is 5.29. The van der Waals surface area contributed by atoms with Crippen molar-refractivity contribution in [3.8, 4) is 11.5 Å². The van der Waals surface area contributed by atoms with Crippen molar-refractivity contribution in [2.75, 3.05) is 27.2 Å². The molecule has 1 fully saturated rings. The summed E-state index contributed by atoms with van der Waals surface area (Å²) < 4.78 is 5.80. The molecule has 21 heavy (non-hydrogen) atoms. The fraction of sp³-hybridized carbons (Fsp3) is 0.533. The number of phenols is 1. The third kappa shape index (κ3) is 3.89. The first-order chi connectivity index (χ1) is 10.0. The second-order valence-corrected chi connectivity index (χ2v) is 6.15. The minimum absolute atomic E-state index is 0.125. The molecule has 1 aromatic carbocycles. The molecule has 1 aromatic rings. The molecule has 0 unspecified atom stereocenters. The minimum atomic E-state index is 0.125. The van der Waals surface area contributed by atoms with Crippen molar-refractivity contribution in [3.63, 3.8) is 0 Å². The highest BCUT2D eigenvalue weighted by molar-refractivity contribution is 9.10. The fourth-order valence-electron chi connectivity index (χ4n) is 2.69. The lowest BCUT2D eigenvalue weighted by Crippen LogP contribution is -2.39. The maximum Gasteiger partial charge on any atom is 0.222 e. The summed E-state index contributed by atoms with van der Waals surface area (Å²) in [4.78, 5) is 13.9. The van der Waals surface area contributed by atoms with Crippen molar-refractivity contribution in [1.29, 1.82) is 0 Å². The summed E-state index contributed by atoms with van der Waals surface area (Å²) in [5.41, 5.74) is 1.08. The van der Waals surface area contributed by atoms with Crippen molar-refractivity contribution in [2.24, 2.45) is 5.92 Å². The van der Waals surface area contributed by atoms with Gasteiger partial charge in [0.25, 0.3) is 0 Å². The van der Waals surface area contributed by atoms with Gasteiger partial charge in [0.1, 0.15) is 0 Å². The van der Waals surface area contributed by atoms with Crippen molar-refractivity contribution >= 4 is 21.8 Å². The number of hydrogen-bond donors (Lipinski definition) is 2. The molecule has 0 saturated carbocycles. The maximum absolute atomic E-state index is 11.6. The Balaban J connectivity index is 1.98. The first-order valence-electron chi connectivity index (χ1n) is 7.04. The van der Waals surface area contributed by atoms with E-state index >= 15 is 0 Å². The predicted octanol–water partition coefficient (Wildman–Crippen LogP) is 2.12. The van der Waals surface area contributed by atoms with Crippen LogP contribution in [-0.4, -0.2) is 43.2 Å². The maximum atomic E-state index is 11.6. The number of methoxy groups -OCH3 is 1. The van der Waals surface area contributed by atoms with E-state index in [1.165, 1.54) is 0 Å². The van der Waals surface area contributed by atoms with Crippen LogP contribution in [0.5, 0.6) is 11.5 Å². The van der Waals surface area contributed by atoms with E-state index in [0.717, 1.165) is 38.0 Å². The quantitative estimate of drug-likeness (QED) is 0.867. The molecule has 1 aliphatic rings. The van der Waals surface area contributed by atoms with E-state index in [2.05, 4.69) is 26.1 Å². The first-order valence-corrected chi connectivity index (χ1v) is 7.83. The van der Waals surface area contributed by atoms with E-state index < -0.39 is 0 Å². The van der Waals surface area contributed by atoms with Crippen molar-refractivity contribution in [1.82, 2.24) is 10.2 Å². The number of carbonyl (C=O) groups excluding carboxylic acids is 1. The molecule has 1 saturated heterocycles. The number of rotatable bonds is 4. The SMILES string of the molecule is CNC(=O)C1CCN(Cc2cc(Br)c(O)c(OC)c2)CC1. The average Bonchev–Trinajstić information content (AvgIpc) is 2.50. The molecule has 0 atom stereocenters. The normalized spacial score (nSPS) is 16.7. The Morgan fingerprint density at radius 1 is 1.48 bits per heavy atom. The predicted molar refractivity (Wildman–Crippen MR) is 84.4 cm³/mol. The van der Waals surface area contributed by atoms with Gasteiger partial charge >= 0.3 is 0 Å². The number of halogens is 1. The number of carbonyl (C=O) groups is 1. The van der Waals surface area contributed by atoms with Gasteiger partial charge in [-0.25, -0.2) is 0 Å². The van der Waals surface area contributed by atoms with Gasteiger partial charge in [0.05, 0.1) is 11.6 Å². The van der Waals surface area contributed by atoms with Gasteiger partial charge in [-0.05, 0) is 59.6 Å². The molecule has 0 radical (unpaired) electrons. The van der Waals surface area contributed by atoms with E-state index in [0.29, 0.717) is 10.2 Å². The molecule has 1 amide bonds. The zero-order chi connectivity index (χ0) is 15.4. The summed E-state index contributed by atoms with van der Waals surface area (Å²) in [5.74, 6) is 0.871. The second kappa shape index (κ2) is 7.13. The lowest BCUT2D eigenvalue weighted by atomic mass is 9.95. The van der Waals surface area contributed by atoms with Gasteiger partial charge in [-0.2, -0.15) is 0 Å². The Morgan fingerprint density at radius 2 is 2.14 bits per heavy atom. The molecule has 1 heterocycles. The van der Waals surface area contributed by atoms with Gasteiger partial charge in [-0.15, -0.1) is 0 Å². The van der Waals surface area contributed by atoms with Crippen molar-refractivity contribution in [3.05, 3.63) is 22.2 Å². The molecule has 0 bridgehead atoms. The number of likely N-dealkylation sites (tertiary alicyclic amines) is 1. The van der Waals surface area contributed by atoms with Crippen molar-refractivity contribution < 1.29 is 14.6 Å². The molecule has 6 heteroatoms. The highest BCUT2D eigenvalue weighted by atomic mass is 79.9. The van der Waals surface area contributed by atoms with Gasteiger partial charge in [-0.3, -0.25) is 9.69 Å². The molecule has 0 aliphatic carbocycles. The number of aromatic hydroxyl groups is 1. The van der Waals surface area contributed by atoms with Crippen molar-refractivity contribution in [2.45, 2.75) is 19.4 Å². The Labute approximate surface area is 133 Å². The van der Waals surface area contributed by atoms with Gasteiger partial charge in [0.2, 0.25) is 5.91 Å². The molecular weight excluding hydrogens is 336 g/mol. The number of phenolic OH excluding ortho intramolecular Hbond substituents is 1. The molecule has 2 rings (SSSR count). The highest BCUT2D eigenvalue weighted by Crippen LogP contribution is 2.35. The number of benzene rings is 1. The summed E-state index contributed by atoms with van der Waals surface area (Å²) in [7, 11) is 3.23. The molecule has 0 aromatic heterocycles. The lowest BCUT2D eigenvalue weighted by molar-refractivity contribution is -0.125. The summed E-state index contributed by atoms with van der Waals surface area (Å²) in [6.07, 6.45) is 1.77. The van der Waals surface area contributed by atoms with E-state index in [1.807, 2.05) is 12.1 Å². The Hall–Kier alpha value is -1.27. The number of nitrogens with one attached hydrogen (secondary N) is 1. The summed E-state index contributed by atoms with van der Waals surface area (Å²) >= 11 is 3.34. The summed E-state index contributed by atoms with van der Waals surface area (Å²) in [6.45, 7) is 2.59. The van der Waals surface area contributed by atoms with E-state index in [-0.39, 0.29) is 17.6 Å². The molecule has 5 nitrogen and oxygen atoms in total. The Morgan fingerprint density at radius 3 is 2.71 bits per heavy atom. The molecule has 116 valence electrons. The van der Waals surface area contributed by atoms with Crippen LogP contribution in [0.1, 0.15) is 18.4 Å². The summed E-state index contributed by atoms with van der Waals surface area (Å²) in [5, 5.41) is 12.5. The van der Waals surface area contributed by atoms with Crippen LogP contribution < -0.4 is 10.1 Å². The Kier molecular flexibility index (Phi) is 5.47. The van der Waals surface area contributed by atoms with Crippen LogP contribution in [-0.2, 0) is 11.3 Å². The number of hydrogen-bond acceptors (Lipinski definition) is 4. The third-order valence-corrected chi connectivity index (χ3v) is 4.52. The standard InChI is InChI=1S/C15H21BrN2O3/c1-17-15(20)11-3-5-18(6-4-11)9-10-7-12(16)14(19)13(8-10)21-2/h7-8,11,19H,3-6,9H2,1-2H3,(H,17,20). The van der Waals surface area contributed by atoms with E-state index in [1.54, 1.807) is 14.2 Å². The van der Waals surface area contributed by atoms with Gasteiger partial charge < -0.3 is 15.2 Å². The van der Waals surface area contributed by atoms with Crippen LogP contribution >= 0.6 is 15.9 Å². The lowest BCUT2D eigenvalue weighted by Gasteiger charge is -2.31. The minimum Gasteiger partial charge on any atom is -0.503 e. The van der Waals surface area contributed by atoms with Gasteiger partial charge in [0.15, 0.2) is 11.5 Å². The number of piperidine rings is 1. The van der Waals surface area contributed by atoms with Gasteiger partial charge in [0, 0.05) is 19.5 Å². The molecule has 1 aliphatic heterocycles. The third-order valence-electron chi connectivity index (χ3n) is 3.92. The largest absolute Gasteiger partial charge is 0.503 e. The topological polar surface area (TPSA) is 61.8 Å².